The smallest absolute Gasteiger partial charge is 0.251 e. The summed E-state index contributed by atoms with van der Waals surface area (Å²) >= 11 is 0. The van der Waals surface area contributed by atoms with Crippen LogP contribution in [0.2, 0.25) is 0 Å². The number of nitrogens with one attached hydrogen (secondary N) is 2. The Morgan fingerprint density at radius 3 is 2.85 bits per heavy atom. The molecule has 0 radical (unpaired) electrons. The van der Waals surface area contributed by atoms with Gasteiger partial charge in [-0.1, -0.05) is 0 Å². The molecule has 1 unspecified atom stereocenters. The molecule has 2 N–H and O–H groups in total. The lowest BCUT2D eigenvalue weighted by molar-refractivity contribution is 0.0915. The van der Waals surface area contributed by atoms with Crippen LogP contribution in [0.15, 0.2) is 30.5 Å². The molecule has 1 saturated heterocycles. The number of H-pyrrole nitrogens is 1. The normalized spacial score (nSPS) is 24.9. The molecule has 1 aliphatic rings. The van der Waals surface area contributed by atoms with E-state index in [4.69, 9.17) is 0 Å². The van der Waals surface area contributed by atoms with Gasteiger partial charge >= 0.3 is 0 Å². The first-order valence-corrected chi connectivity index (χ1v) is 8.29. The molecule has 0 saturated carbocycles. The summed E-state index contributed by atoms with van der Waals surface area (Å²) < 4.78 is 23.1. The van der Waals surface area contributed by atoms with Gasteiger partial charge in [0.05, 0.1) is 17.0 Å². The number of fused-ring (bicyclic) bond motifs is 1. The van der Waals surface area contributed by atoms with E-state index in [1.165, 1.54) is 0 Å². The van der Waals surface area contributed by atoms with Crippen LogP contribution < -0.4 is 5.32 Å². The molecular formula is C14H16N2O3S. The average Bonchev–Trinajstić information content (AvgIpc) is 2.92. The van der Waals surface area contributed by atoms with E-state index in [0.717, 1.165) is 10.9 Å². The number of hydrogen-bond acceptors (Lipinski definition) is 3. The molecule has 1 amide bonds. The summed E-state index contributed by atoms with van der Waals surface area (Å²) in [6, 6.07) is 7.28. The van der Waals surface area contributed by atoms with Crippen LogP contribution in [0.3, 0.4) is 0 Å². The third kappa shape index (κ3) is 2.43. The molecule has 0 bridgehead atoms. The van der Waals surface area contributed by atoms with Crippen molar-refractivity contribution in [2.75, 3.05) is 11.5 Å². The van der Waals surface area contributed by atoms with E-state index < -0.39 is 15.4 Å². The highest BCUT2D eigenvalue weighted by atomic mass is 32.2. The minimum Gasteiger partial charge on any atom is -0.361 e. The third-order valence-electron chi connectivity index (χ3n) is 3.73. The zero-order chi connectivity index (χ0) is 14.4. The largest absolute Gasteiger partial charge is 0.361 e. The molecule has 20 heavy (non-hydrogen) atoms. The van der Waals surface area contributed by atoms with Gasteiger partial charge in [-0.05, 0) is 37.6 Å². The summed E-state index contributed by atoms with van der Waals surface area (Å²) in [5.41, 5.74) is 0.849. The molecule has 1 atom stereocenters. The van der Waals surface area contributed by atoms with Crippen LogP contribution in [0.4, 0.5) is 0 Å². The van der Waals surface area contributed by atoms with Crippen molar-refractivity contribution in [3.8, 4) is 0 Å². The molecule has 1 fully saturated rings. The number of rotatable bonds is 2. The van der Waals surface area contributed by atoms with E-state index in [1.54, 1.807) is 19.1 Å². The van der Waals surface area contributed by atoms with Crippen LogP contribution in [-0.4, -0.2) is 36.4 Å². The van der Waals surface area contributed by atoms with Crippen molar-refractivity contribution >= 4 is 26.6 Å². The Bertz CT molecular complexity index is 779. The lowest BCUT2D eigenvalue weighted by Crippen LogP contribution is -2.46. The highest BCUT2D eigenvalue weighted by molar-refractivity contribution is 7.91. The van der Waals surface area contributed by atoms with Gasteiger partial charge in [-0.3, -0.25) is 4.79 Å². The lowest BCUT2D eigenvalue weighted by Gasteiger charge is -2.23. The first-order chi connectivity index (χ1) is 9.37. The van der Waals surface area contributed by atoms with Crippen LogP contribution in [0.5, 0.6) is 0 Å². The zero-order valence-electron chi connectivity index (χ0n) is 11.1. The summed E-state index contributed by atoms with van der Waals surface area (Å²) in [6.07, 6.45) is 2.28. The Morgan fingerprint density at radius 2 is 2.15 bits per heavy atom. The Labute approximate surface area is 117 Å². The molecule has 2 aromatic rings. The number of sulfone groups is 1. The van der Waals surface area contributed by atoms with Gasteiger partial charge in [0.25, 0.3) is 5.91 Å². The van der Waals surface area contributed by atoms with E-state index in [2.05, 4.69) is 10.3 Å². The van der Waals surface area contributed by atoms with E-state index in [-0.39, 0.29) is 17.4 Å². The number of amides is 1. The molecule has 1 aromatic heterocycles. The molecule has 2 heterocycles. The van der Waals surface area contributed by atoms with Gasteiger partial charge in [0, 0.05) is 22.7 Å². The fourth-order valence-electron chi connectivity index (χ4n) is 2.65. The molecule has 3 rings (SSSR count). The third-order valence-corrected chi connectivity index (χ3v) is 5.64. The summed E-state index contributed by atoms with van der Waals surface area (Å²) in [7, 11) is -3.03. The van der Waals surface area contributed by atoms with Crippen molar-refractivity contribution < 1.29 is 13.2 Å². The second kappa shape index (κ2) is 4.34. The fourth-order valence-corrected chi connectivity index (χ4v) is 4.74. The standard InChI is InChI=1S/C14H16N2O3S/c1-14(5-7-20(18,19)9-14)16-13(17)11-2-3-12-10(8-11)4-6-15-12/h2-4,6,8,15H,5,7,9H2,1H3,(H,16,17). The van der Waals surface area contributed by atoms with Gasteiger partial charge in [-0.15, -0.1) is 0 Å². The SMILES string of the molecule is CC1(NC(=O)c2ccc3[nH]ccc3c2)CCS(=O)(=O)C1. The quantitative estimate of drug-likeness (QED) is 0.880. The maximum atomic E-state index is 12.3. The number of benzene rings is 1. The van der Waals surface area contributed by atoms with Crippen molar-refractivity contribution in [1.82, 2.24) is 10.3 Å². The van der Waals surface area contributed by atoms with Gasteiger partial charge in [-0.25, -0.2) is 8.42 Å². The van der Waals surface area contributed by atoms with Crippen LogP contribution in [0, 0.1) is 0 Å². The maximum Gasteiger partial charge on any atom is 0.251 e. The van der Waals surface area contributed by atoms with E-state index in [1.807, 2.05) is 18.3 Å². The Hall–Kier alpha value is -1.82. The van der Waals surface area contributed by atoms with Crippen LogP contribution in [0.25, 0.3) is 10.9 Å². The van der Waals surface area contributed by atoms with Gasteiger partial charge < -0.3 is 10.3 Å². The Kier molecular flexibility index (Phi) is 2.86. The molecule has 1 aliphatic heterocycles. The molecule has 0 spiro atoms. The number of carbonyl (C=O) groups is 1. The molecular weight excluding hydrogens is 276 g/mol. The van der Waals surface area contributed by atoms with E-state index >= 15 is 0 Å². The highest BCUT2D eigenvalue weighted by Crippen LogP contribution is 2.23. The topological polar surface area (TPSA) is 79.0 Å². The minimum absolute atomic E-state index is 0.0120. The fraction of sp³-hybridized carbons (Fsp3) is 0.357. The maximum absolute atomic E-state index is 12.3. The number of aromatic nitrogens is 1. The van der Waals surface area contributed by atoms with Crippen LogP contribution in [0.1, 0.15) is 23.7 Å². The Morgan fingerprint density at radius 1 is 1.35 bits per heavy atom. The van der Waals surface area contributed by atoms with Crippen molar-refractivity contribution in [2.24, 2.45) is 0 Å². The van der Waals surface area contributed by atoms with Gasteiger partial charge in [-0.2, -0.15) is 0 Å². The van der Waals surface area contributed by atoms with Crippen molar-refractivity contribution in [1.29, 1.82) is 0 Å². The first-order valence-electron chi connectivity index (χ1n) is 6.47. The van der Waals surface area contributed by atoms with Gasteiger partial charge in [0.15, 0.2) is 9.84 Å². The highest BCUT2D eigenvalue weighted by Gasteiger charge is 2.39. The summed E-state index contributed by atoms with van der Waals surface area (Å²) in [4.78, 5) is 15.3. The zero-order valence-corrected chi connectivity index (χ0v) is 12.0. The molecule has 106 valence electrons. The predicted molar refractivity (Wildman–Crippen MR) is 77.4 cm³/mol. The molecule has 1 aromatic carbocycles. The van der Waals surface area contributed by atoms with Gasteiger partial charge in [0.2, 0.25) is 0 Å². The molecule has 0 aliphatic carbocycles. The van der Waals surface area contributed by atoms with Crippen molar-refractivity contribution in [3.05, 3.63) is 36.0 Å². The number of carbonyl (C=O) groups excluding carboxylic acids is 1. The number of aromatic amines is 1. The minimum atomic E-state index is -3.03. The first kappa shape index (κ1) is 13.2. The van der Waals surface area contributed by atoms with E-state index in [9.17, 15) is 13.2 Å². The summed E-state index contributed by atoms with van der Waals surface area (Å²) in [6.45, 7) is 1.78. The Balaban J connectivity index is 1.82. The summed E-state index contributed by atoms with van der Waals surface area (Å²) in [5.74, 6) is -0.0774. The van der Waals surface area contributed by atoms with Crippen molar-refractivity contribution in [3.63, 3.8) is 0 Å². The molecule has 6 heteroatoms. The van der Waals surface area contributed by atoms with Crippen LogP contribution in [-0.2, 0) is 9.84 Å². The summed E-state index contributed by atoms with van der Waals surface area (Å²) in [5, 5.41) is 3.82. The van der Waals surface area contributed by atoms with Crippen molar-refractivity contribution in [2.45, 2.75) is 18.9 Å². The van der Waals surface area contributed by atoms with Crippen LogP contribution >= 0.6 is 0 Å². The second-order valence-electron chi connectivity index (χ2n) is 5.64. The molecule has 5 nitrogen and oxygen atoms in total. The average molecular weight is 292 g/mol. The van der Waals surface area contributed by atoms with Gasteiger partial charge in [0.1, 0.15) is 0 Å². The predicted octanol–water partition coefficient (Wildman–Crippen LogP) is 1.47. The number of hydrogen-bond donors (Lipinski definition) is 2. The lowest BCUT2D eigenvalue weighted by atomic mass is 10.0. The second-order valence-corrected chi connectivity index (χ2v) is 7.82. The van der Waals surface area contributed by atoms with E-state index in [0.29, 0.717) is 12.0 Å². The monoisotopic (exact) mass is 292 g/mol.